The molecule has 7 heteroatoms. The van der Waals surface area contributed by atoms with Crippen LogP contribution in [0.5, 0.6) is 5.75 Å². The Bertz CT molecular complexity index is 931. The smallest absolute Gasteiger partial charge is 0.336 e. The van der Waals surface area contributed by atoms with Crippen molar-refractivity contribution in [3.8, 4) is 5.75 Å². The fourth-order valence-corrected chi connectivity index (χ4v) is 5.29. The summed E-state index contributed by atoms with van der Waals surface area (Å²) in [6, 6.07) is 3.47. The summed E-state index contributed by atoms with van der Waals surface area (Å²) in [5.41, 5.74) is 2.66. The molecule has 0 amide bonds. The number of allylic oxidation sites excluding steroid dienone is 3. The number of carbonyl (C=O) groups excluding carboxylic acids is 2. The maximum absolute atomic E-state index is 13.2. The molecule has 2 N–H and O–H groups in total. The summed E-state index contributed by atoms with van der Waals surface area (Å²) in [5.74, 6) is -1.19. The number of aromatic hydroxyl groups is 1. The van der Waals surface area contributed by atoms with Gasteiger partial charge in [-0.3, -0.25) is 4.79 Å². The largest absolute Gasteiger partial charge is 0.506 e. The number of halogens is 2. The molecule has 1 aliphatic carbocycles. The molecule has 1 aromatic carbocycles. The third-order valence-electron chi connectivity index (χ3n) is 5.10. The number of ether oxygens (including phenoxy) is 1. The summed E-state index contributed by atoms with van der Waals surface area (Å²) < 4.78 is 6.51. The Hall–Kier alpha value is -1.60. The van der Waals surface area contributed by atoms with Crippen molar-refractivity contribution in [2.75, 3.05) is 6.61 Å². The molecular weight excluding hydrogens is 490 g/mol. The lowest BCUT2D eigenvalue weighted by atomic mass is 9.68. The number of dihydropyridines is 1. The second-order valence-corrected chi connectivity index (χ2v) is 9.75. The lowest BCUT2D eigenvalue weighted by molar-refractivity contribution is -0.138. The van der Waals surface area contributed by atoms with E-state index in [2.05, 4.69) is 51.0 Å². The van der Waals surface area contributed by atoms with Crippen LogP contribution in [0, 0.1) is 5.41 Å². The molecule has 1 aromatic rings. The van der Waals surface area contributed by atoms with E-state index in [0.717, 1.165) is 10.2 Å². The zero-order chi connectivity index (χ0) is 20.8. The summed E-state index contributed by atoms with van der Waals surface area (Å²) in [7, 11) is 0. The molecule has 5 nitrogen and oxygen atoms in total. The Balaban J connectivity index is 2.27. The van der Waals surface area contributed by atoms with E-state index in [4.69, 9.17) is 4.74 Å². The predicted octanol–water partition coefficient (Wildman–Crippen LogP) is 5.08. The monoisotopic (exact) mass is 511 g/mol. The van der Waals surface area contributed by atoms with Gasteiger partial charge in [0.2, 0.25) is 0 Å². The molecular formula is C21H23Br2NO4. The zero-order valence-electron chi connectivity index (χ0n) is 16.3. The van der Waals surface area contributed by atoms with Gasteiger partial charge in [0, 0.05) is 33.4 Å². The number of phenols is 1. The van der Waals surface area contributed by atoms with Gasteiger partial charge in [0.05, 0.1) is 22.6 Å². The Kier molecular flexibility index (Phi) is 5.79. The molecule has 0 saturated heterocycles. The lowest BCUT2D eigenvalue weighted by Gasteiger charge is -2.39. The average Bonchev–Trinajstić information content (AvgIpc) is 2.55. The van der Waals surface area contributed by atoms with Crippen LogP contribution in [0.1, 0.15) is 52.0 Å². The van der Waals surface area contributed by atoms with Crippen LogP contribution < -0.4 is 5.32 Å². The van der Waals surface area contributed by atoms with Crippen molar-refractivity contribution in [1.29, 1.82) is 0 Å². The van der Waals surface area contributed by atoms with Crippen molar-refractivity contribution in [2.24, 2.45) is 5.41 Å². The van der Waals surface area contributed by atoms with Crippen LogP contribution in [0.3, 0.4) is 0 Å². The molecule has 0 saturated carbocycles. The van der Waals surface area contributed by atoms with E-state index in [0.29, 0.717) is 39.7 Å². The van der Waals surface area contributed by atoms with Crippen molar-refractivity contribution < 1.29 is 19.4 Å². The fourth-order valence-electron chi connectivity index (χ4n) is 4.03. The van der Waals surface area contributed by atoms with Crippen LogP contribution >= 0.6 is 31.9 Å². The van der Waals surface area contributed by atoms with Gasteiger partial charge in [0.1, 0.15) is 5.75 Å². The van der Waals surface area contributed by atoms with Gasteiger partial charge in [0.15, 0.2) is 5.78 Å². The Labute approximate surface area is 181 Å². The van der Waals surface area contributed by atoms with Gasteiger partial charge in [0.25, 0.3) is 0 Å². The minimum atomic E-state index is -0.687. The number of ketones is 1. The normalized spacial score (nSPS) is 21.4. The minimum Gasteiger partial charge on any atom is -0.506 e. The number of carbonyl (C=O) groups is 2. The molecule has 1 atom stereocenters. The van der Waals surface area contributed by atoms with E-state index in [9.17, 15) is 14.7 Å². The van der Waals surface area contributed by atoms with Crippen molar-refractivity contribution in [1.82, 2.24) is 5.32 Å². The minimum absolute atomic E-state index is 0.00850. The molecule has 0 spiro atoms. The quantitative estimate of drug-likeness (QED) is 0.552. The molecule has 28 heavy (non-hydrogen) atoms. The topological polar surface area (TPSA) is 75.6 Å². The van der Waals surface area contributed by atoms with E-state index < -0.39 is 11.9 Å². The van der Waals surface area contributed by atoms with Crippen LogP contribution in [-0.2, 0) is 14.3 Å². The van der Waals surface area contributed by atoms with Crippen LogP contribution in [0.2, 0.25) is 0 Å². The van der Waals surface area contributed by atoms with Gasteiger partial charge in [-0.1, -0.05) is 29.8 Å². The highest BCUT2D eigenvalue weighted by Gasteiger charge is 2.44. The first kappa shape index (κ1) is 21.1. The summed E-state index contributed by atoms with van der Waals surface area (Å²) >= 11 is 6.81. The molecule has 0 radical (unpaired) electrons. The van der Waals surface area contributed by atoms with Crippen molar-refractivity contribution in [3.63, 3.8) is 0 Å². The average molecular weight is 513 g/mol. The number of hydrogen-bond donors (Lipinski definition) is 2. The zero-order valence-corrected chi connectivity index (χ0v) is 19.5. The number of phenolic OH excluding ortho intramolecular Hbond substituents is 1. The van der Waals surface area contributed by atoms with Gasteiger partial charge < -0.3 is 15.2 Å². The van der Waals surface area contributed by atoms with Crippen molar-refractivity contribution in [2.45, 2.75) is 46.5 Å². The van der Waals surface area contributed by atoms with Crippen LogP contribution in [0.4, 0.5) is 0 Å². The fraction of sp³-hybridized carbons (Fsp3) is 0.429. The first-order valence-corrected chi connectivity index (χ1v) is 10.7. The van der Waals surface area contributed by atoms with Crippen LogP contribution in [0.15, 0.2) is 43.6 Å². The van der Waals surface area contributed by atoms with Gasteiger partial charge in [-0.25, -0.2) is 4.79 Å². The van der Waals surface area contributed by atoms with E-state index in [-0.39, 0.29) is 23.6 Å². The molecule has 1 unspecified atom stereocenters. The number of hydrogen-bond acceptors (Lipinski definition) is 5. The molecule has 150 valence electrons. The molecule has 1 aliphatic heterocycles. The highest BCUT2D eigenvalue weighted by atomic mass is 79.9. The predicted molar refractivity (Wildman–Crippen MR) is 114 cm³/mol. The summed E-state index contributed by atoms with van der Waals surface area (Å²) in [5, 5.41) is 14.0. The molecule has 0 fully saturated rings. The lowest BCUT2D eigenvalue weighted by Crippen LogP contribution is -2.38. The first-order valence-electron chi connectivity index (χ1n) is 9.14. The molecule has 3 rings (SSSR count). The van der Waals surface area contributed by atoms with E-state index in [1.165, 1.54) is 0 Å². The van der Waals surface area contributed by atoms with Gasteiger partial charge >= 0.3 is 5.97 Å². The number of nitrogens with one attached hydrogen (secondary N) is 1. The standard InChI is InChI=1S/C21H23Br2NO4/c1-5-28-20(27)16-10(2)24-14-8-21(3,4)9-15(25)18(14)17(16)12-6-11(22)7-13(23)19(12)26/h6-7,17,24,26H,5,8-9H2,1-4H3. The first-order chi connectivity index (χ1) is 13.1. The van der Waals surface area contributed by atoms with Gasteiger partial charge in [-0.05, 0) is 53.7 Å². The van der Waals surface area contributed by atoms with E-state index >= 15 is 0 Å². The van der Waals surface area contributed by atoms with Gasteiger partial charge in [-0.2, -0.15) is 0 Å². The summed E-state index contributed by atoms with van der Waals surface area (Å²) in [4.78, 5) is 26.0. The highest BCUT2D eigenvalue weighted by Crippen LogP contribution is 2.50. The third-order valence-corrected chi connectivity index (χ3v) is 6.17. The number of Topliss-reactive ketones (excluding diaryl/α,β-unsaturated/α-hetero) is 1. The van der Waals surface area contributed by atoms with E-state index in [1.807, 2.05) is 0 Å². The molecule has 2 aliphatic rings. The Morgan fingerprint density at radius 3 is 2.64 bits per heavy atom. The summed E-state index contributed by atoms with van der Waals surface area (Å²) in [6.45, 7) is 7.88. The molecule has 1 heterocycles. The van der Waals surface area contributed by atoms with Crippen LogP contribution in [-0.4, -0.2) is 23.5 Å². The maximum atomic E-state index is 13.2. The van der Waals surface area contributed by atoms with Crippen LogP contribution in [0.25, 0.3) is 0 Å². The molecule has 0 aromatic heterocycles. The third kappa shape index (κ3) is 3.79. The van der Waals surface area contributed by atoms with Crippen molar-refractivity contribution in [3.05, 3.63) is 49.2 Å². The second kappa shape index (κ2) is 7.67. The second-order valence-electron chi connectivity index (χ2n) is 7.98. The number of esters is 1. The maximum Gasteiger partial charge on any atom is 0.336 e. The Morgan fingerprint density at radius 2 is 2.00 bits per heavy atom. The molecule has 0 bridgehead atoms. The number of rotatable bonds is 3. The SMILES string of the molecule is CCOC(=O)C1=C(C)NC2=C(C(=O)CC(C)(C)C2)C1c1cc(Br)cc(Br)c1O. The van der Waals surface area contributed by atoms with E-state index in [1.54, 1.807) is 26.0 Å². The highest BCUT2D eigenvalue weighted by molar-refractivity contribution is 9.11. The summed E-state index contributed by atoms with van der Waals surface area (Å²) in [6.07, 6.45) is 1.07. The number of benzene rings is 1. The van der Waals surface area contributed by atoms with Gasteiger partial charge in [-0.15, -0.1) is 0 Å². The van der Waals surface area contributed by atoms with Crippen molar-refractivity contribution >= 4 is 43.6 Å². The Morgan fingerprint density at radius 1 is 1.32 bits per heavy atom.